The third-order valence-corrected chi connectivity index (χ3v) is 1.14. The molecule has 0 fully saturated rings. The number of hydrogen-bond acceptors (Lipinski definition) is 4. The first-order valence-corrected chi connectivity index (χ1v) is 3.26. The Morgan fingerprint density at radius 1 is 1.55 bits per heavy atom. The van der Waals surface area contributed by atoms with E-state index >= 15 is 0 Å². The first-order valence-electron chi connectivity index (χ1n) is 3.26. The molecule has 11 heavy (non-hydrogen) atoms. The predicted molar refractivity (Wildman–Crippen MR) is 45.1 cm³/mol. The van der Waals surface area contributed by atoms with E-state index in [-0.39, 0.29) is 0 Å². The molecule has 1 rings (SSSR count). The molecule has 0 amide bonds. The van der Waals surface area contributed by atoms with E-state index in [0.29, 0.717) is 18.2 Å². The molecule has 0 bridgehead atoms. The summed E-state index contributed by atoms with van der Waals surface area (Å²) in [6.45, 7) is 4.20. The number of nitrogen functional groups attached to an aromatic ring is 1. The van der Waals surface area contributed by atoms with Gasteiger partial charge in [0.15, 0.2) is 11.6 Å². The van der Waals surface area contributed by atoms with Gasteiger partial charge in [0.05, 0.1) is 0 Å². The van der Waals surface area contributed by atoms with Crippen LogP contribution < -0.4 is 11.1 Å². The van der Waals surface area contributed by atoms with Crippen LogP contribution in [0.15, 0.2) is 25.0 Å². The van der Waals surface area contributed by atoms with Gasteiger partial charge in [-0.3, -0.25) is 0 Å². The Balaban J connectivity index is 2.69. The average molecular weight is 150 g/mol. The van der Waals surface area contributed by atoms with Gasteiger partial charge in [-0.2, -0.15) is 0 Å². The lowest BCUT2D eigenvalue weighted by Gasteiger charge is -2.02. The van der Waals surface area contributed by atoms with E-state index in [1.54, 1.807) is 18.5 Å². The summed E-state index contributed by atoms with van der Waals surface area (Å²) in [5.74, 6) is 1.02. The SMILES string of the molecule is C=CCNc1nccnc1N. The molecule has 4 heteroatoms. The van der Waals surface area contributed by atoms with Crippen molar-refractivity contribution in [2.45, 2.75) is 0 Å². The number of nitrogens with zero attached hydrogens (tertiary/aromatic N) is 2. The van der Waals surface area contributed by atoms with Gasteiger partial charge in [0.25, 0.3) is 0 Å². The van der Waals surface area contributed by atoms with Gasteiger partial charge in [0.1, 0.15) is 0 Å². The second-order valence-corrected chi connectivity index (χ2v) is 1.96. The molecule has 4 nitrogen and oxygen atoms in total. The van der Waals surface area contributed by atoms with E-state index in [4.69, 9.17) is 5.73 Å². The summed E-state index contributed by atoms with van der Waals surface area (Å²) in [5, 5.41) is 2.95. The van der Waals surface area contributed by atoms with Crippen molar-refractivity contribution < 1.29 is 0 Å². The lowest BCUT2D eigenvalue weighted by atomic mass is 10.5. The fraction of sp³-hybridized carbons (Fsp3) is 0.143. The minimum absolute atomic E-state index is 0.411. The molecule has 58 valence electrons. The van der Waals surface area contributed by atoms with Crippen LogP contribution in [0, 0.1) is 0 Å². The predicted octanol–water partition coefficient (Wildman–Crippen LogP) is 0.657. The number of aromatic nitrogens is 2. The fourth-order valence-corrected chi connectivity index (χ4v) is 0.654. The zero-order valence-corrected chi connectivity index (χ0v) is 6.12. The molecule has 1 aromatic rings. The molecule has 1 heterocycles. The Hall–Kier alpha value is -1.58. The van der Waals surface area contributed by atoms with E-state index < -0.39 is 0 Å². The van der Waals surface area contributed by atoms with E-state index in [2.05, 4.69) is 21.9 Å². The van der Waals surface area contributed by atoms with Gasteiger partial charge in [-0.1, -0.05) is 6.08 Å². The summed E-state index contributed by atoms with van der Waals surface area (Å²) < 4.78 is 0. The minimum Gasteiger partial charge on any atom is -0.381 e. The highest BCUT2D eigenvalue weighted by Gasteiger charge is 1.95. The van der Waals surface area contributed by atoms with Crippen molar-refractivity contribution >= 4 is 11.6 Å². The zero-order valence-electron chi connectivity index (χ0n) is 6.12. The summed E-state index contributed by atoms with van der Waals surface area (Å²) in [4.78, 5) is 7.82. The van der Waals surface area contributed by atoms with Gasteiger partial charge in [0, 0.05) is 18.9 Å². The standard InChI is InChI=1S/C7H10N4/c1-2-3-10-7-6(8)9-4-5-11-7/h2,4-5H,1,3H2,(H2,8,9)(H,10,11). The lowest BCUT2D eigenvalue weighted by molar-refractivity contribution is 1.17. The maximum Gasteiger partial charge on any atom is 0.169 e. The molecular formula is C7H10N4. The first kappa shape index (κ1) is 7.53. The third kappa shape index (κ3) is 1.93. The lowest BCUT2D eigenvalue weighted by Crippen LogP contribution is -2.04. The Morgan fingerprint density at radius 2 is 2.27 bits per heavy atom. The van der Waals surface area contributed by atoms with Crippen molar-refractivity contribution in [1.82, 2.24) is 9.97 Å². The van der Waals surface area contributed by atoms with Crippen LogP contribution in [-0.4, -0.2) is 16.5 Å². The summed E-state index contributed by atoms with van der Waals surface area (Å²) in [5.41, 5.74) is 5.49. The van der Waals surface area contributed by atoms with Crippen LogP contribution in [-0.2, 0) is 0 Å². The normalized spacial score (nSPS) is 9.09. The van der Waals surface area contributed by atoms with Crippen LogP contribution in [0.25, 0.3) is 0 Å². The van der Waals surface area contributed by atoms with Crippen molar-refractivity contribution in [3.05, 3.63) is 25.0 Å². The second-order valence-electron chi connectivity index (χ2n) is 1.96. The second kappa shape index (κ2) is 3.55. The molecule has 0 saturated carbocycles. The van der Waals surface area contributed by atoms with Crippen LogP contribution in [0.2, 0.25) is 0 Å². The van der Waals surface area contributed by atoms with Gasteiger partial charge in [0.2, 0.25) is 0 Å². The Morgan fingerprint density at radius 3 is 2.91 bits per heavy atom. The molecule has 0 aromatic carbocycles. The molecule has 0 aliphatic rings. The molecule has 0 aliphatic heterocycles. The zero-order chi connectivity index (χ0) is 8.10. The number of hydrogen-bond donors (Lipinski definition) is 2. The molecule has 0 aliphatic carbocycles. The van der Waals surface area contributed by atoms with E-state index in [1.807, 2.05) is 0 Å². The largest absolute Gasteiger partial charge is 0.381 e. The Bertz CT molecular complexity index is 246. The minimum atomic E-state index is 0.411. The summed E-state index contributed by atoms with van der Waals surface area (Å²) in [7, 11) is 0. The van der Waals surface area contributed by atoms with Crippen molar-refractivity contribution in [2.75, 3.05) is 17.6 Å². The number of rotatable bonds is 3. The van der Waals surface area contributed by atoms with E-state index in [0.717, 1.165) is 0 Å². The summed E-state index contributed by atoms with van der Waals surface area (Å²) >= 11 is 0. The number of nitrogens with two attached hydrogens (primary N) is 1. The van der Waals surface area contributed by atoms with Crippen molar-refractivity contribution in [2.24, 2.45) is 0 Å². The van der Waals surface area contributed by atoms with Gasteiger partial charge in [-0.25, -0.2) is 9.97 Å². The monoisotopic (exact) mass is 150 g/mol. The Labute approximate surface area is 65.2 Å². The van der Waals surface area contributed by atoms with Crippen molar-refractivity contribution in [3.8, 4) is 0 Å². The van der Waals surface area contributed by atoms with E-state index in [9.17, 15) is 0 Å². The van der Waals surface area contributed by atoms with Gasteiger partial charge in [-0.15, -0.1) is 6.58 Å². The van der Waals surface area contributed by atoms with Crippen molar-refractivity contribution in [3.63, 3.8) is 0 Å². The highest BCUT2D eigenvalue weighted by molar-refractivity contribution is 5.55. The molecule has 0 unspecified atom stereocenters. The third-order valence-electron chi connectivity index (χ3n) is 1.14. The fourth-order valence-electron chi connectivity index (χ4n) is 0.654. The molecule has 0 atom stereocenters. The molecule has 0 radical (unpaired) electrons. The quantitative estimate of drug-likeness (QED) is 0.621. The van der Waals surface area contributed by atoms with Gasteiger partial charge >= 0.3 is 0 Å². The molecule has 0 saturated heterocycles. The van der Waals surface area contributed by atoms with Crippen molar-refractivity contribution in [1.29, 1.82) is 0 Å². The van der Waals surface area contributed by atoms with Crippen LogP contribution in [0.3, 0.4) is 0 Å². The smallest absolute Gasteiger partial charge is 0.169 e. The van der Waals surface area contributed by atoms with Gasteiger partial charge < -0.3 is 11.1 Å². The molecule has 1 aromatic heterocycles. The molecule has 0 spiro atoms. The first-order chi connectivity index (χ1) is 5.34. The number of nitrogens with one attached hydrogen (secondary N) is 1. The summed E-state index contributed by atoms with van der Waals surface area (Å²) in [6, 6.07) is 0. The Kier molecular flexibility index (Phi) is 2.43. The highest BCUT2D eigenvalue weighted by atomic mass is 15.0. The summed E-state index contributed by atoms with van der Waals surface area (Å²) in [6.07, 6.45) is 4.87. The van der Waals surface area contributed by atoms with Crippen LogP contribution in [0.1, 0.15) is 0 Å². The van der Waals surface area contributed by atoms with E-state index in [1.165, 1.54) is 0 Å². The maximum atomic E-state index is 5.49. The van der Waals surface area contributed by atoms with Crippen LogP contribution >= 0.6 is 0 Å². The number of anilines is 2. The molecular weight excluding hydrogens is 140 g/mol. The highest BCUT2D eigenvalue weighted by Crippen LogP contribution is 2.07. The van der Waals surface area contributed by atoms with Gasteiger partial charge in [-0.05, 0) is 0 Å². The topological polar surface area (TPSA) is 63.8 Å². The van der Waals surface area contributed by atoms with Crippen LogP contribution in [0.4, 0.5) is 11.6 Å². The molecule has 3 N–H and O–H groups in total. The maximum absolute atomic E-state index is 5.49. The van der Waals surface area contributed by atoms with Crippen LogP contribution in [0.5, 0.6) is 0 Å². The average Bonchev–Trinajstić information content (AvgIpc) is 2.03.